The number of ether oxygens (including phenoxy) is 2. The largest absolute Gasteiger partial charge is 0.492 e. The van der Waals surface area contributed by atoms with Gasteiger partial charge in [-0.1, -0.05) is 24.9 Å². The molecule has 190 valence electrons. The lowest BCUT2D eigenvalue weighted by Crippen LogP contribution is -2.35. The first-order chi connectivity index (χ1) is 17.3. The van der Waals surface area contributed by atoms with Crippen LogP contribution in [0.4, 0.5) is 16.7 Å². The van der Waals surface area contributed by atoms with E-state index in [0.29, 0.717) is 53.2 Å². The fraction of sp³-hybridized carbons (Fsp3) is 0.480. The summed E-state index contributed by atoms with van der Waals surface area (Å²) in [7, 11) is 0. The average molecular weight is 513 g/mol. The predicted molar refractivity (Wildman–Crippen MR) is 137 cm³/mol. The van der Waals surface area contributed by atoms with Crippen LogP contribution >= 0.6 is 11.6 Å². The number of carbonyl (C=O) groups excluding carboxylic acids is 1. The third-order valence-electron chi connectivity index (χ3n) is 6.82. The van der Waals surface area contributed by atoms with Crippen molar-refractivity contribution in [3.63, 3.8) is 0 Å². The molecule has 0 unspecified atom stereocenters. The predicted octanol–water partition coefficient (Wildman–Crippen LogP) is 4.76. The number of amides is 1. The number of aryl methyl sites for hydroxylation is 1. The van der Waals surface area contributed by atoms with Crippen LogP contribution in [-0.4, -0.2) is 45.3 Å². The fourth-order valence-corrected chi connectivity index (χ4v) is 4.67. The first-order valence-corrected chi connectivity index (χ1v) is 12.6. The second kappa shape index (κ2) is 9.93. The van der Waals surface area contributed by atoms with Crippen molar-refractivity contribution < 1.29 is 14.3 Å². The highest BCUT2D eigenvalue weighted by molar-refractivity contribution is 6.32. The molecule has 36 heavy (non-hydrogen) atoms. The van der Waals surface area contributed by atoms with Gasteiger partial charge in [0.1, 0.15) is 18.2 Å². The van der Waals surface area contributed by atoms with Gasteiger partial charge in [0.25, 0.3) is 5.56 Å². The molecule has 1 aliphatic heterocycles. The van der Waals surface area contributed by atoms with E-state index in [1.807, 2.05) is 13.8 Å². The van der Waals surface area contributed by atoms with Gasteiger partial charge in [0.2, 0.25) is 11.9 Å². The van der Waals surface area contributed by atoms with E-state index in [9.17, 15) is 9.59 Å². The molecule has 0 bridgehead atoms. The molecule has 2 fully saturated rings. The summed E-state index contributed by atoms with van der Waals surface area (Å²) in [5.41, 5.74) is 0.906. The number of nitrogens with one attached hydrogen (secondary N) is 2. The Balaban J connectivity index is 1.38. The third-order valence-corrected chi connectivity index (χ3v) is 7.12. The minimum atomic E-state index is -0.481. The van der Waals surface area contributed by atoms with Crippen molar-refractivity contribution in [1.82, 2.24) is 19.9 Å². The summed E-state index contributed by atoms with van der Waals surface area (Å²) in [6, 6.07) is 4.80. The molecular weight excluding hydrogens is 484 g/mol. The topological polar surface area (TPSA) is 122 Å². The summed E-state index contributed by atoms with van der Waals surface area (Å²) in [6.07, 6.45) is 3.83. The first-order valence-electron chi connectivity index (χ1n) is 12.3. The van der Waals surface area contributed by atoms with Gasteiger partial charge in [-0.25, -0.2) is 9.69 Å². The lowest BCUT2D eigenvalue weighted by molar-refractivity contribution is 0.178. The number of H-pyrrole nitrogens is 1. The molecule has 3 aromatic rings. The van der Waals surface area contributed by atoms with Crippen molar-refractivity contribution in [3.8, 4) is 5.75 Å². The molecule has 2 N–H and O–H groups in total. The number of halogens is 1. The summed E-state index contributed by atoms with van der Waals surface area (Å²) in [5, 5.41) is 4.46. The number of anilines is 2. The van der Waals surface area contributed by atoms with E-state index in [2.05, 4.69) is 25.3 Å². The van der Waals surface area contributed by atoms with E-state index in [-0.39, 0.29) is 23.5 Å². The van der Waals surface area contributed by atoms with Crippen molar-refractivity contribution in [1.29, 1.82) is 0 Å². The van der Waals surface area contributed by atoms with Gasteiger partial charge in [0, 0.05) is 17.0 Å². The van der Waals surface area contributed by atoms with Gasteiger partial charge in [-0.2, -0.15) is 15.0 Å². The molecule has 2 aliphatic rings. The van der Waals surface area contributed by atoms with Gasteiger partial charge >= 0.3 is 6.09 Å². The van der Waals surface area contributed by atoms with Gasteiger partial charge < -0.3 is 19.8 Å². The fourth-order valence-electron chi connectivity index (χ4n) is 4.44. The van der Waals surface area contributed by atoms with Gasteiger partial charge in [-0.15, -0.1) is 0 Å². The van der Waals surface area contributed by atoms with Crippen LogP contribution in [0.3, 0.4) is 0 Å². The number of benzene rings is 1. The van der Waals surface area contributed by atoms with Crippen LogP contribution in [0.2, 0.25) is 5.02 Å². The molecule has 1 aliphatic carbocycles. The molecule has 0 radical (unpaired) electrons. The number of fused-ring (bicyclic) bond motifs is 1. The number of nitrogens with zero attached hydrogens (tertiary/aromatic N) is 4. The third kappa shape index (κ3) is 4.82. The quantitative estimate of drug-likeness (QED) is 0.443. The minimum Gasteiger partial charge on any atom is -0.492 e. The Labute approximate surface area is 213 Å². The van der Waals surface area contributed by atoms with Crippen molar-refractivity contribution in [2.45, 2.75) is 58.5 Å². The van der Waals surface area contributed by atoms with Crippen LogP contribution in [0.25, 0.3) is 10.9 Å². The van der Waals surface area contributed by atoms with Crippen LogP contribution in [0.15, 0.2) is 23.0 Å². The zero-order valence-electron chi connectivity index (χ0n) is 20.5. The van der Waals surface area contributed by atoms with E-state index in [1.54, 1.807) is 25.1 Å². The normalized spacial score (nSPS) is 18.7. The molecule has 2 aromatic heterocycles. The van der Waals surface area contributed by atoms with Gasteiger partial charge in [-0.05, 0) is 51.2 Å². The molecule has 2 atom stereocenters. The Kier molecular flexibility index (Phi) is 6.70. The van der Waals surface area contributed by atoms with Crippen molar-refractivity contribution in [3.05, 3.63) is 45.0 Å². The van der Waals surface area contributed by atoms with Crippen LogP contribution in [-0.2, 0) is 4.74 Å². The molecule has 0 spiro atoms. The number of aromatic nitrogens is 4. The molecule has 11 heteroatoms. The minimum absolute atomic E-state index is 0.139. The maximum atomic E-state index is 13.0. The van der Waals surface area contributed by atoms with Gasteiger partial charge in [0.15, 0.2) is 0 Å². The van der Waals surface area contributed by atoms with Gasteiger partial charge in [-0.3, -0.25) is 4.79 Å². The first kappa shape index (κ1) is 24.3. The molecule has 5 rings (SSSR count). The van der Waals surface area contributed by atoms with Crippen LogP contribution in [0, 0.1) is 12.8 Å². The maximum Gasteiger partial charge on any atom is 0.417 e. The molecule has 1 amide bonds. The molecule has 1 saturated heterocycles. The van der Waals surface area contributed by atoms with Crippen molar-refractivity contribution in [2.24, 2.45) is 5.92 Å². The second-order valence-corrected chi connectivity index (χ2v) is 9.82. The SMILES string of the molecule is CC[C@H]1COC(=O)N1c1nc(C)nc(N[C@@H](C)c2cc3cc(Cl)c(OCC4CCC4)cc3[nH]c2=O)n1. The Bertz CT molecular complexity index is 1360. The van der Waals surface area contributed by atoms with Crippen LogP contribution in [0.1, 0.15) is 57.0 Å². The Morgan fingerprint density at radius 2 is 2.06 bits per heavy atom. The average Bonchev–Trinajstić information content (AvgIpc) is 3.18. The Morgan fingerprint density at radius 3 is 2.78 bits per heavy atom. The lowest BCUT2D eigenvalue weighted by atomic mass is 9.86. The molecule has 10 nitrogen and oxygen atoms in total. The highest BCUT2D eigenvalue weighted by Gasteiger charge is 2.35. The molecular formula is C25H29ClN6O4. The number of rotatable bonds is 8. The Morgan fingerprint density at radius 1 is 1.25 bits per heavy atom. The molecule has 1 aromatic carbocycles. The highest BCUT2D eigenvalue weighted by atomic mass is 35.5. The number of carbonyl (C=O) groups is 1. The number of hydrogen-bond donors (Lipinski definition) is 2. The van der Waals surface area contributed by atoms with Crippen LogP contribution in [0.5, 0.6) is 5.75 Å². The van der Waals surface area contributed by atoms with E-state index in [0.717, 1.165) is 5.39 Å². The van der Waals surface area contributed by atoms with E-state index >= 15 is 0 Å². The van der Waals surface area contributed by atoms with E-state index < -0.39 is 12.1 Å². The number of cyclic esters (lactones) is 1. The summed E-state index contributed by atoms with van der Waals surface area (Å²) in [4.78, 5) is 42.7. The lowest BCUT2D eigenvalue weighted by Gasteiger charge is -2.25. The maximum absolute atomic E-state index is 13.0. The smallest absolute Gasteiger partial charge is 0.417 e. The number of pyridine rings is 1. The van der Waals surface area contributed by atoms with E-state index in [4.69, 9.17) is 21.1 Å². The summed E-state index contributed by atoms with van der Waals surface area (Å²) >= 11 is 6.48. The standard InChI is InChI=1S/C25H29ClN6O4/c1-4-17-12-36-25(34)32(17)24-29-14(3)28-23(31-24)27-13(2)18-8-16-9-19(26)21(10-20(16)30-22(18)33)35-11-15-6-5-7-15/h8-10,13,15,17H,4-7,11-12H2,1-3H3,(H,30,33)(H,27,28,29,31)/t13-,17-/m0/s1. The highest BCUT2D eigenvalue weighted by Crippen LogP contribution is 2.33. The monoisotopic (exact) mass is 512 g/mol. The van der Waals surface area contributed by atoms with Crippen molar-refractivity contribution >= 4 is 40.5 Å². The van der Waals surface area contributed by atoms with Crippen molar-refractivity contribution in [2.75, 3.05) is 23.4 Å². The van der Waals surface area contributed by atoms with E-state index in [1.165, 1.54) is 24.2 Å². The second-order valence-electron chi connectivity index (χ2n) is 9.41. The molecule has 1 saturated carbocycles. The van der Waals surface area contributed by atoms with Crippen LogP contribution < -0.4 is 20.5 Å². The zero-order chi connectivity index (χ0) is 25.4. The summed E-state index contributed by atoms with van der Waals surface area (Å²) in [5.74, 6) is 2.08. The van der Waals surface area contributed by atoms with Gasteiger partial charge in [0.05, 0.1) is 29.2 Å². The summed E-state index contributed by atoms with van der Waals surface area (Å²) < 4.78 is 11.1. The number of aromatic amines is 1. The number of hydrogen-bond acceptors (Lipinski definition) is 8. The Hall–Kier alpha value is -3.40. The molecule has 3 heterocycles. The summed E-state index contributed by atoms with van der Waals surface area (Å²) in [6.45, 7) is 6.46. The zero-order valence-corrected chi connectivity index (χ0v) is 21.3.